The van der Waals surface area contributed by atoms with E-state index in [1.165, 1.54) is 30.3 Å². The van der Waals surface area contributed by atoms with Crippen molar-refractivity contribution in [1.82, 2.24) is 4.90 Å². The van der Waals surface area contributed by atoms with E-state index in [4.69, 9.17) is 16.4 Å². The van der Waals surface area contributed by atoms with Crippen molar-refractivity contribution in [3.05, 3.63) is 70.2 Å². The van der Waals surface area contributed by atoms with Crippen LogP contribution >= 0.6 is 11.6 Å². The van der Waals surface area contributed by atoms with Crippen LogP contribution in [0, 0.1) is 17.6 Å². The van der Waals surface area contributed by atoms with E-state index in [2.05, 4.69) is 5.16 Å². The molecule has 154 valence electrons. The summed E-state index contributed by atoms with van der Waals surface area (Å²) in [4.78, 5) is 18.6. The zero-order chi connectivity index (χ0) is 20.8. The summed E-state index contributed by atoms with van der Waals surface area (Å²) in [6.07, 6.45) is 1.50. The number of carbonyl (C=O) groups is 1. The molecule has 29 heavy (non-hydrogen) atoms. The van der Waals surface area contributed by atoms with Gasteiger partial charge in [0.2, 0.25) is 0 Å². The van der Waals surface area contributed by atoms with Crippen LogP contribution in [0.1, 0.15) is 24.0 Å². The molecule has 0 aromatic heterocycles. The second kappa shape index (κ2) is 9.80. The number of oxime groups is 1. The topological polar surface area (TPSA) is 62.1 Å². The standard InChI is InChI=1S/C21H21ClF2N2O3/c22-19-12-17(24)6-7-18(19)20(14-3-1-5-16(23)11-14)25-29-10-9-26-8-2-4-15(13-26)21(27)28/h1,3,5-7,11-12,15H,2,4,8-10,13H2,(H,27,28)/b25-20-/t15-/m1/s1. The molecule has 1 aliphatic rings. The van der Waals surface area contributed by atoms with Gasteiger partial charge in [0.15, 0.2) is 0 Å². The summed E-state index contributed by atoms with van der Waals surface area (Å²) in [5.41, 5.74) is 1.15. The van der Waals surface area contributed by atoms with Gasteiger partial charge in [-0.25, -0.2) is 8.78 Å². The van der Waals surface area contributed by atoms with Crippen molar-refractivity contribution in [3.8, 4) is 0 Å². The Hall–Kier alpha value is -2.51. The van der Waals surface area contributed by atoms with E-state index in [9.17, 15) is 18.7 Å². The minimum absolute atomic E-state index is 0.136. The summed E-state index contributed by atoms with van der Waals surface area (Å²) in [5, 5.41) is 13.4. The average molecular weight is 423 g/mol. The Morgan fingerprint density at radius 1 is 1.24 bits per heavy atom. The fourth-order valence-electron chi connectivity index (χ4n) is 3.31. The molecule has 1 N–H and O–H groups in total. The highest BCUT2D eigenvalue weighted by Gasteiger charge is 2.25. The van der Waals surface area contributed by atoms with Gasteiger partial charge in [-0.1, -0.05) is 28.9 Å². The zero-order valence-corrected chi connectivity index (χ0v) is 16.4. The van der Waals surface area contributed by atoms with Crippen molar-refractivity contribution in [2.75, 3.05) is 26.2 Å². The molecule has 0 unspecified atom stereocenters. The quantitative estimate of drug-likeness (QED) is 0.413. The maximum absolute atomic E-state index is 13.7. The molecule has 2 aromatic carbocycles. The number of hydrogen-bond acceptors (Lipinski definition) is 4. The fraction of sp³-hybridized carbons (Fsp3) is 0.333. The maximum Gasteiger partial charge on any atom is 0.307 e. The summed E-state index contributed by atoms with van der Waals surface area (Å²) in [7, 11) is 0. The minimum atomic E-state index is -0.784. The highest BCUT2D eigenvalue weighted by molar-refractivity contribution is 6.35. The van der Waals surface area contributed by atoms with Crippen molar-refractivity contribution < 1.29 is 23.5 Å². The maximum atomic E-state index is 13.7. The summed E-state index contributed by atoms with van der Waals surface area (Å²) >= 11 is 6.16. The number of benzene rings is 2. The van der Waals surface area contributed by atoms with Gasteiger partial charge < -0.3 is 9.94 Å². The van der Waals surface area contributed by atoms with Crippen LogP contribution in [0.3, 0.4) is 0 Å². The third kappa shape index (κ3) is 5.74. The first kappa shape index (κ1) is 21.2. The van der Waals surface area contributed by atoms with E-state index < -0.39 is 17.6 Å². The van der Waals surface area contributed by atoms with Crippen LogP contribution in [0.25, 0.3) is 0 Å². The van der Waals surface area contributed by atoms with Gasteiger partial charge in [0.05, 0.1) is 10.9 Å². The van der Waals surface area contributed by atoms with Gasteiger partial charge in [0.25, 0.3) is 0 Å². The van der Waals surface area contributed by atoms with Crippen LogP contribution in [-0.4, -0.2) is 47.9 Å². The Labute approximate surface area is 172 Å². The van der Waals surface area contributed by atoms with E-state index >= 15 is 0 Å². The molecule has 0 aliphatic carbocycles. The van der Waals surface area contributed by atoms with Gasteiger partial charge in [0.1, 0.15) is 24.0 Å². The molecule has 1 saturated heterocycles. The first-order valence-corrected chi connectivity index (χ1v) is 9.68. The number of likely N-dealkylation sites (tertiary alicyclic amines) is 1. The van der Waals surface area contributed by atoms with Gasteiger partial charge in [-0.3, -0.25) is 9.69 Å². The molecule has 0 bridgehead atoms. The van der Waals surface area contributed by atoms with Crippen LogP contribution in [0.15, 0.2) is 47.6 Å². The number of piperidine rings is 1. The minimum Gasteiger partial charge on any atom is -0.481 e. The normalized spacial score (nSPS) is 17.9. The van der Waals surface area contributed by atoms with Gasteiger partial charge in [0, 0.05) is 24.2 Å². The lowest BCUT2D eigenvalue weighted by Gasteiger charge is -2.29. The number of halogens is 3. The number of aliphatic carboxylic acids is 1. The monoisotopic (exact) mass is 422 g/mol. The third-order valence-corrected chi connectivity index (χ3v) is 5.11. The van der Waals surface area contributed by atoms with Crippen LogP contribution < -0.4 is 0 Å². The molecule has 1 fully saturated rings. The SMILES string of the molecule is O=C(O)[C@@H]1CCCN(CCO/N=C(/c2cccc(F)c2)c2ccc(F)cc2Cl)C1. The molecule has 1 aliphatic heterocycles. The van der Waals surface area contributed by atoms with Crippen molar-refractivity contribution in [2.24, 2.45) is 11.1 Å². The summed E-state index contributed by atoms with van der Waals surface area (Å²) in [5.74, 6) is -2.08. The molecule has 0 spiro atoms. The lowest BCUT2D eigenvalue weighted by atomic mass is 9.98. The van der Waals surface area contributed by atoms with Crippen LogP contribution in [0.4, 0.5) is 8.78 Å². The summed E-state index contributed by atoms with van der Waals surface area (Å²) in [6.45, 7) is 2.02. The van der Waals surface area contributed by atoms with Crippen molar-refractivity contribution >= 4 is 23.3 Å². The first-order valence-electron chi connectivity index (χ1n) is 9.30. The summed E-state index contributed by atoms with van der Waals surface area (Å²) < 4.78 is 27.1. The molecule has 1 atom stereocenters. The van der Waals surface area contributed by atoms with E-state index in [0.717, 1.165) is 19.0 Å². The largest absolute Gasteiger partial charge is 0.481 e. The Morgan fingerprint density at radius 2 is 2.03 bits per heavy atom. The number of rotatable bonds is 7. The second-order valence-corrected chi connectivity index (χ2v) is 7.29. The predicted molar refractivity (Wildman–Crippen MR) is 106 cm³/mol. The fourth-order valence-corrected chi connectivity index (χ4v) is 3.57. The average Bonchev–Trinajstić information content (AvgIpc) is 2.69. The van der Waals surface area contributed by atoms with Gasteiger partial charge in [-0.05, 0) is 49.7 Å². The highest BCUT2D eigenvalue weighted by atomic mass is 35.5. The summed E-state index contributed by atoms with van der Waals surface area (Å²) in [6, 6.07) is 9.67. The molecule has 0 radical (unpaired) electrons. The number of nitrogens with zero attached hydrogens (tertiary/aromatic N) is 2. The molecule has 2 aromatic rings. The molecule has 5 nitrogen and oxygen atoms in total. The van der Waals surface area contributed by atoms with E-state index in [0.29, 0.717) is 30.6 Å². The number of carboxylic acids is 1. The van der Waals surface area contributed by atoms with Crippen molar-refractivity contribution in [3.63, 3.8) is 0 Å². The van der Waals surface area contributed by atoms with Gasteiger partial charge in [-0.2, -0.15) is 0 Å². The Balaban J connectivity index is 1.73. The van der Waals surface area contributed by atoms with Crippen molar-refractivity contribution in [1.29, 1.82) is 0 Å². The van der Waals surface area contributed by atoms with Crippen LogP contribution in [0.5, 0.6) is 0 Å². The highest BCUT2D eigenvalue weighted by Crippen LogP contribution is 2.22. The van der Waals surface area contributed by atoms with Gasteiger partial charge >= 0.3 is 5.97 Å². The van der Waals surface area contributed by atoms with Gasteiger partial charge in [-0.15, -0.1) is 0 Å². The smallest absolute Gasteiger partial charge is 0.307 e. The van der Waals surface area contributed by atoms with Crippen LogP contribution in [-0.2, 0) is 9.63 Å². The lowest BCUT2D eigenvalue weighted by molar-refractivity contribution is -0.143. The molecular weight excluding hydrogens is 402 g/mol. The number of carboxylic acid groups (broad SMARTS) is 1. The molecule has 8 heteroatoms. The zero-order valence-electron chi connectivity index (χ0n) is 15.7. The van der Waals surface area contributed by atoms with Crippen molar-refractivity contribution in [2.45, 2.75) is 12.8 Å². The predicted octanol–water partition coefficient (Wildman–Crippen LogP) is 4.18. The Kier molecular flexibility index (Phi) is 7.17. The molecule has 0 saturated carbocycles. The number of hydrogen-bond donors (Lipinski definition) is 1. The van der Waals surface area contributed by atoms with E-state index in [1.807, 2.05) is 4.90 Å². The lowest BCUT2D eigenvalue weighted by Crippen LogP contribution is -2.40. The molecule has 1 heterocycles. The second-order valence-electron chi connectivity index (χ2n) is 6.89. The molecule has 0 amide bonds. The van der Waals surface area contributed by atoms with E-state index in [-0.39, 0.29) is 23.3 Å². The Morgan fingerprint density at radius 3 is 2.76 bits per heavy atom. The molecular formula is C21H21ClF2N2O3. The molecule has 3 rings (SSSR count). The third-order valence-electron chi connectivity index (χ3n) is 4.79. The Bertz CT molecular complexity index is 907. The van der Waals surface area contributed by atoms with E-state index in [1.54, 1.807) is 6.07 Å². The first-order chi connectivity index (χ1) is 13.9. The van der Waals surface area contributed by atoms with Crippen LogP contribution in [0.2, 0.25) is 5.02 Å².